The summed E-state index contributed by atoms with van der Waals surface area (Å²) in [5.74, 6) is -6.36. The minimum absolute atomic E-state index is 0. The standard InChI is InChI=1S/C31H26F2N6O4.C23H20F2N4O3.C22H19F2N5O3.C8H8N2O2.C2HF3O.CH2Cl2.CH4/c32-31(33)9-11-39(12-10-31)30(41)20-3-7-26(35-17-20)21-13-22-14-24(43-28(22)25(15-21)29-38-37-18-42-29)6-5-23(40)4-1-19-2-8-27(34)36-16-19;1-2-17-10-16-9-15(11-18(20(16)32-17)21-28-27-13-31-21)19-4-3-14(12-26-19)22(30)29-7-5-23(24,25)6-8-29;23-22(24)3-5-29(6-4-22)21(30)13-1-2-18(26-11-13)14-7-15-8-16(10-25)32-19(15)17(9-14)20-28-27-12-31-20;9-7-3-1-6(5-10-7)2-4-8(11)12;3-2(4,5)1-6;2-1-3;/h1-4,7-8,13-18H,5-6,9-12H2,(H2,34,36);3-4,9-13H,2,5-8H2,1H3;1-2,7-9,11-12H,3-6,10,25H2;1-5H,(H2,9,10)(H,11,12);1H;1H2;1H4/b4-1+;;;4-2+;;;. The van der Waals surface area contributed by atoms with Gasteiger partial charge >= 0.3 is 12.1 Å². The lowest BCUT2D eigenvalue weighted by molar-refractivity contribution is -0.156. The largest absolute Gasteiger partial charge is 0.478 e. The molecule has 17 rings (SSSR count). The number of aryl methyl sites for hydroxylation is 2. The smallest absolute Gasteiger partial charge is 0.446 e. The van der Waals surface area contributed by atoms with E-state index in [1.54, 1.807) is 79.0 Å². The van der Waals surface area contributed by atoms with Crippen LogP contribution < -0.4 is 17.2 Å². The maximum Gasteiger partial charge on any atom is 0.446 e. The number of likely N-dealkylation sites (tertiary alicyclic amines) is 3. The lowest BCUT2D eigenvalue weighted by Gasteiger charge is -2.31. The summed E-state index contributed by atoms with van der Waals surface area (Å²) in [6, 6.07) is 33.7. The molecule has 0 aliphatic carbocycles. The molecule has 3 saturated heterocycles. The fourth-order valence-electron chi connectivity index (χ4n) is 13.3. The van der Waals surface area contributed by atoms with Gasteiger partial charge in [-0.05, 0) is 145 Å². The van der Waals surface area contributed by atoms with Crippen LogP contribution in [0.25, 0.3) is 113 Å². The first kappa shape index (κ1) is 95.3. The van der Waals surface area contributed by atoms with Crippen LogP contribution in [0.3, 0.4) is 0 Å². The molecule has 0 radical (unpaired) electrons. The Bertz CT molecular complexity index is 6000. The first-order chi connectivity index (χ1) is 61.3. The van der Waals surface area contributed by atoms with Crippen molar-refractivity contribution in [1.29, 1.82) is 0 Å². The van der Waals surface area contributed by atoms with Gasteiger partial charge in [-0.15, -0.1) is 53.8 Å². The Balaban J connectivity index is 0.000000169. The number of hydrogen-bond acceptors (Lipinski definition) is 26. The van der Waals surface area contributed by atoms with Gasteiger partial charge < -0.3 is 63.5 Å². The zero-order valence-corrected chi connectivity index (χ0v) is 69.0. The summed E-state index contributed by atoms with van der Waals surface area (Å²) in [6.45, 7) is 2.39. The second-order valence-corrected chi connectivity index (χ2v) is 29.6. The number of alkyl halides is 11. The number of nitrogens with two attached hydrogens (primary N) is 3. The molecule has 0 saturated carbocycles. The average Bonchev–Trinajstić information content (AvgIpc) is 1.65. The van der Waals surface area contributed by atoms with Crippen LogP contribution in [0.2, 0.25) is 0 Å². The number of carboxylic acids is 1. The van der Waals surface area contributed by atoms with Gasteiger partial charge in [-0.3, -0.25) is 38.9 Å². The van der Waals surface area contributed by atoms with Crippen molar-refractivity contribution in [2.45, 2.75) is 103 Å². The number of anilines is 2. The highest BCUT2D eigenvalue weighted by atomic mass is 35.5. The number of ketones is 1. The molecule has 3 amide bonds. The summed E-state index contributed by atoms with van der Waals surface area (Å²) >= 11 is 9.53. The molecular weight excluding hydrogens is 1740 g/mol. The van der Waals surface area contributed by atoms with Crippen LogP contribution in [0, 0.1) is 0 Å². The Morgan fingerprint density at radius 3 is 1.11 bits per heavy atom. The number of amides is 3. The Hall–Kier alpha value is -14.3. The molecule has 3 aliphatic rings. The van der Waals surface area contributed by atoms with Crippen LogP contribution in [-0.2, 0) is 33.8 Å². The van der Waals surface area contributed by atoms with Gasteiger partial charge in [-0.25, -0.2) is 41.1 Å². The second kappa shape index (κ2) is 42.8. The number of fused-ring (bicyclic) bond motifs is 3. The number of nitrogens with zero attached hydrogens (tertiary/aromatic N) is 14. The molecule has 3 fully saturated rings. The zero-order valence-electron chi connectivity index (χ0n) is 67.5. The number of allylic oxidation sites excluding steroid dienone is 1. The normalized spacial score (nSPS) is 14.5. The molecule has 7 N–H and O–H groups in total. The zero-order chi connectivity index (χ0) is 91.5. The summed E-state index contributed by atoms with van der Waals surface area (Å²) in [6.07, 6.45) is 10.6. The van der Waals surface area contributed by atoms with Gasteiger partial charge in [0, 0.05) is 167 Å². The van der Waals surface area contributed by atoms with Crippen molar-refractivity contribution in [3.63, 3.8) is 0 Å². The molecule has 14 heterocycles. The van der Waals surface area contributed by atoms with Crippen molar-refractivity contribution in [1.82, 2.24) is 70.2 Å². The van der Waals surface area contributed by atoms with Gasteiger partial charge in [0.2, 0.25) is 25.5 Å². The maximum atomic E-state index is 13.5. The minimum atomic E-state index is -4.64. The van der Waals surface area contributed by atoms with E-state index in [4.69, 9.17) is 76.8 Å². The first-order valence-electron chi connectivity index (χ1n) is 39.1. The SMILES string of the molecule is C.CCc1cc2cc(-c3ccc(C(=O)N4CCC(F)(F)CC4)cn3)cc(-c3nnco3)c2o1.ClCCl.NCc1cc2cc(-c3ccc(C(=O)N4CCC(F)(F)CC4)cn3)cc(-c3nnco3)c2o1.Nc1ccc(/C=C/C(=O)CCc2cc3cc(-c4ccc(C(=O)N5CCC(F)(F)CC5)cn4)cc(-c4nnco4)c3o2)cn1.Nc1ccc(/C=C/C(=O)O)cn1.O=CC(F)(F)F. The summed E-state index contributed by atoms with van der Waals surface area (Å²) in [5.41, 5.74) is 26.8. The predicted molar refractivity (Wildman–Crippen MR) is 457 cm³/mol. The molecule has 0 unspecified atom stereocenters. The summed E-state index contributed by atoms with van der Waals surface area (Å²) in [7, 11) is 0. The van der Waals surface area contributed by atoms with Gasteiger partial charge in [0.1, 0.15) is 45.7 Å². The molecule has 672 valence electrons. The molecular formula is C88H80Cl2F9N17O13. The fraction of sp³-hybridized carbons (Fsp3) is 0.261. The molecule has 3 aromatic carbocycles. The lowest BCUT2D eigenvalue weighted by atomic mass is 10.0. The second-order valence-electron chi connectivity index (χ2n) is 28.8. The van der Waals surface area contributed by atoms with Crippen molar-refractivity contribution in [3.05, 3.63) is 223 Å². The number of nitrogen functional groups attached to an aromatic ring is 2. The highest BCUT2D eigenvalue weighted by Crippen LogP contribution is 2.40. The number of carbonyl (C=O) groups excluding carboxylic acids is 5. The van der Waals surface area contributed by atoms with E-state index in [0.717, 1.165) is 51.1 Å². The third-order valence-corrected chi connectivity index (χ3v) is 19.8. The molecule has 41 heteroatoms. The lowest BCUT2D eigenvalue weighted by Crippen LogP contribution is -2.42. The van der Waals surface area contributed by atoms with E-state index in [1.807, 2.05) is 55.5 Å². The van der Waals surface area contributed by atoms with Gasteiger partial charge in [-0.1, -0.05) is 14.4 Å². The van der Waals surface area contributed by atoms with Gasteiger partial charge in [0.25, 0.3) is 53.2 Å². The Labute approximate surface area is 737 Å². The predicted octanol–water partition coefficient (Wildman–Crippen LogP) is 18.0. The van der Waals surface area contributed by atoms with Crippen LogP contribution in [0.4, 0.5) is 51.1 Å². The molecule has 11 aromatic heterocycles. The Kier molecular flexibility index (Phi) is 31.6. The van der Waals surface area contributed by atoms with Crippen LogP contribution >= 0.6 is 23.2 Å². The number of aliphatic carboxylic acids is 1. The molecule has 0 bridgehead atoms. The van der Waals surface area contributed by atoms with Crippen molar-refractivity contribution in [3.8, 4) is 68.1 Å². The van der Waals surface area contributed by atoms with Crippen molar-refractivity contribution < 1.29 is 99.9 Å². The summed E-state index contributed by atoms with van der Waals surface area (Å²) in [4.78, 5) is 95.0. The number of carboxylic acid groups (broad SMARTS) is 1. The van der Waals surface area contributed by atoms with Gasteiger partial charge in [0.05, 0.1) is 62.3 Å². The highest BCUT2D eigenvalue weighted by molar-refractivity contribution is 6.40. The highest BCUT2D eigenvalue weighted by Gasteiger charge is 2.39. The number of piperidine rings is 3. The molecule has 129 heavy (non-hydrogen) atoms. The van der Waals surface area contributed by atoms with Crippen molar-refractivity contribution >= 4 is 116 Å². The number of aldehydes is 1. The topological polar surface area (TPSA) is 431 Å². The number of furan rings is 3. The number of rotatable bonds is 18. The minimum Gasteiger partial charge on any atom is -0.478 e. The van der Waals surface area contributed by atoms with Crippen molar-refractivity contribution in [2.24, 2.45) is 5.73 Å². The molecule has 30 nitrogen and oxygen atoms in total. The number of hydrogen-bond donors (Lipinski definition) is 4. The quantitative estimate of drug-likeness (QED) is 0.0268. The van der Waals surface area contributed by atoms with Crippen LogP contribution in [-0.4, -0.2) is 180 Å². The average molecular weight is 1830 g/mol. The van der Waals surface area contributed by atoms with Gasteiger partial charge in [-0.2, -0.15) is 13.2 Å². The number of halogens is 11. The van der Waals surface area contributed by atoms with Crippen LogP contribution in [0.15, 0.2) is 204 Å². The summed E-state index contributed by atoms with van der Waals surface area (Å²) < 4.78 is 146. The number of pyridine rings is 5. The van der Waals surface area contributed by atoms with E-state index in [2.05, 4.69) is 55.5 Å². The fourth-order valence-corrected chi connectivity index (χ4v) is 13.3. The molecule has 3 aliphatic heterocycles. The molecule has 0 spiro atoms. The maximum absolute atomic E-state index is 13.5. The molecule has 0 atom stereocenters. The van der Waals surface area contributed by atoms with Crippen LogP contribution in [0.5, 0.6) is 0 Å². The summed E-state index contributed by atoms with van der Waals surface area (Å²) in [5, 5.41) is 34.2. The van der Waals surface area contributed by atoms with E-state index >= 15 is 0 Å². The van der Waals surface area contributed by atoms with E-state index in [1.165, 1.54) is 70.8 Å². The Morgan fingerprint density at radius 1 is 0.481 bits per heavy atom. The third-order valence-electron chi connectivity index (χ3n) is 19.8. The van der Waals surface area contributed by atoms with Crippen LogP contribution in [0.1, 0.15) is 119 Å². The first-order valence-corrected chi connectivity index (χ1v) is 40.1. The van der Waals surface area contributed by atoms with Gasteiger partial charge in [0.15, 0.2) is 5.78 Å². The van der Waals surface area contributed by atoms with Crippen molar-refractivity contribution in [2.75, 3.05) is 56.1 Å². The molecule has 14 aromatic rings. The number of benzene rings is 3. The van der Waals surface area contributed by atoms with E-state index in [0.29, 0.717) is 120 Å². The number of aromatic nitrogens is 11. The number of carbonyl (C=O) groups is 6. The third kappa shape index (κ3) is 25.7. The monoisotopic (exact) mass is 1820 g/mol. The Morgan fingerprint density at radius 2 is 0.814 bits per heavy atom. The van der Waals surface area contributed by atoms with E-state index < -0.39 is 36.2 Å². The van der Waals surface area contributed by atoms with E-state index in [-0.39, 0.29) is 133 Å². The van der Waals surface area contributed by atoms with E-state index in [9.17, 15) is 63.5 Å².